The van der Waals surface area contributed by atoms with Gasteiger partial charge in [0, 0.05) is 6.54 Å². The zero-order valence-corrected chi connectivity index (χ0v) is 17.7. The third-order valence-electron chi connectivity index (χ3n) is 6.37. The lowest BCUT2D eigenvalue weighted by molar-refractivity contribution is -0.00296. The van der Waals surface area contributed by atoms with Crippen LogP contribution in [0.1, 0.15) is 41.5 Å². The van der Waals surface area contributed by atoms with E-state index in [1.807, 2.05) is 12.1 Å². The number of aliphatic hydroxyl groups is 1. The molecule has 3 atom stereocenters. The highest BCUT2D eigenvalue weighted by molar-refractivity contribution is 5.32. The van der Waals surface area contributed by atoms with Crippen molar-refractivity contribution in [3.8, 4) is 0 Å². The summed E-state index contributed by atoms with van der Waals surface area (Å²) in [6.07, 6.45) is 4.54. The first-order valence-corrected chi connectivity index (χ1v) is 10.4. The fourth-order valence-electron chi connectivity index (χ4n) is 4.95. The van der Waals surface area contributed by atoms with Crippen molar-refractivity contribution in [3.63, 3.8) is 0 Å². The van der Waals surface area contributed by atoms with Gasteiger partial charge in [0.05, 0.1) is 6.10 Å². The lowest BCUT2D eigenvalue weighted by atomic mass is 9.62. The molecule has 2 nitrogen and oxygen atoms in total. The summed E-state index contributed by atoms with van der Waals surface area (Å²) >= 11 is 0. The number of hydrogen-bond donors (Lipinski definition) is 1. The van der Waals surface area contributed by atoms with Gasteiger partial charge < -0.3 is 10.0 Å². The minimum absolute atomic E-state index is 0.0935. The Morgan fingerprint density at radius 2 is 1.79 bits per heavy atom. The van der Waals surface area contributed by atoms with E-state index in [4.69, 9.17) is 0 Å². The summed E-state index contributed by atoms with van der Waals surface area (Å²) in [6, 6.07) is 13.7. The molecule has 0 saturated heterocycles. The SMILES string of the molecule is Cc1ccc(C)c(CC2(Cc3ccc(F)cc3)CCC(O)C(CN(C)C)C2)c1. The van der Waals surface area contributed by atoms with Gasteiger partial charge in [0.2, 0.25) is 0 Å². The summed E-state index contributed by atoms with van der Waals surface area (Å²) in [5, 5.41) is 10.6. The molecule has 3 rings (SSSR count). The zero-order valence-electron chi connectivity index (χ0n) is 17.7. The molecule has 3 unspecified atom stereocenters. The average molecular weight is 384 g/mol. The average Bonchev–Trinajstić information content (AvgIpc) is 2.63. The monoisotopic (exact) mass is 383 g/mol. The van der Waals surface area contributed by atoms with Crippen LogP contribution in [-0.4, -0.2) is 36.8 Å². The molecule has 1 aliphatic rings. The summed E-state index contributed by atoms with van der Waals surface area (Å²) in [5.74, 6) is 0.0891. The summed E-state index contributed by atoms with van der Waals surface area (Å²) < 4.78 is 13.4. The molecule has 0 amide bonds. The van der Waals surface area contributed by atoms with Crippen molar-refractivity contribution in [2.45, 2.75) is 52.1 Å². The first-order valence-electron chi connectivity index (χ1n) is 10.4. The van der Waals surface area contributed by atoms with Gasteiger partial charge in [-0.2, -0.15) is 0 Å². The first kappa shape index (κ1) is 21.0. The maximum atomic E-state index is 13.4. The van der Waals surface area contributed by atoms with Gasteiger partial charge in [-0.1, -0.05) is 35.9 Å². The second-order valence-electron chi connectivity index (χ2n) is 9.24. The summed E-state index contributed by atoms with van der Waals surface area (Å²) in [4.78, 5) is 2.18. The number of aryl methyl sites for hydroxylation is 2. The van der Waals surface area contributed by atoms with E-state index >= 15 is 0 Å². The lowest BCUT2D eigenvalue weighted by Crippen LogP contribution is -2.43. The maximum Gasteiger partial charge on any atom is 0.123 e. The standard InChI is InChI=1S/C25H34FNO/c1-18-5-6-19(2)21(13-18)15-25(14-20-7-9-23(26)10-8-20)12-11-24(28)22(16-25)17-27(3)4/h5-10,13,22,24,28H,11-12,14-17H2,1-4H3. The van der Waals surface area contributed by atoms with Gasteiger partial charge >= 0.3 is 0 Å². The van der Waals surface area contributed by atoms with E-state index in [-0.39, 0.29) is 23.3 Å². The van der Waals surface area contributed by atoms with E-state index in [9.17, 15) is 9.50 Å². The second-order valence-corrected chi connectivity index (χ2v) is 9.24. The molecule has 0 aliphatic heterocycles. The zero-order chi connectivity index (χ0) is 20.3. The molecule has 1 fully saturated rings. The Labute approximate surface area is 169 Å². The van der Waals surface area contributed by atoms with Crippen molar-refractivity contribution >= 4 is 0 Å². The maximum absolute atomic E-state index is 13.4. The Morgan fingerprint density at radius 3 is 2.46 bits per heavy atom. The van der Waals surface area contributed by atoms with Gasteiger partial charge in [-0.3, -0.25) is 0 Å². The van der Waals surface area contributed by atoms with Crippen molar-refractivity contribution in [2.24, 2.45) is 11.3 Å². The number of aliphatic hydroxyl groups excluding tert-OH is 1. The van der Waals surface area contributed by atoms with Crippen molar-refractivity contribution in [1.29, 1.82) is 0 Å². The van der Waals surface area contributed by atoms with E-state index in [1.165, 1.54) is 22.3 Å². The highest BCUT2D eigenvalue weighted by Crippen LogP contribution is 2.45. The minimum Gasteiger partial charge on any atom is -0.393 e. The molecule has 28 heavy (non-hydrogen) atoms. The Kier molecular flexibility index (Phi) is 6.57. The van der Waals surface area contributed by atoms with Crippen LogP contribution >= 0.6 is 0 Å². The highest BCUT2D eigenvalue weighted by atomic mass is 19.1. The van der Waals surface area contributed by atoms with E-state index in [1.54, 1.807) is 12.1 Å². The van der Waals surface area contributed by atoms with E-state index in [0.717, 1.165) is 38.6 Å². The molecule has 1 N–H and O–H groups in total. The third kappa shape index (κ3) is 5.21. The molecular formula is C25H34FNO. The number of halogens is 1. The van der Waals surface area contributed by atoms with Crippen LogP contribution in [0.2, 0.25) is 0 Å². The molecule has 2 aromatic rings. The van der Waals surface area contributed by atoms with Gasteiger partial charge in [-0.25, -0.2) is 4.39 Å². The van der Waals surface area contributed by atoms with Gasteiger partial charge in [0.25, 0.3) is 0 Å². The number of hydrogen-bond acceptors (Lipinski definition) is 2. The molecule has 0 aromatic heterocycles. The molecule has 1 aliphatic carbocycles. The van der Waals surface area contributed by atoms with Crippen LogP contribution in [0, 0.1) is 31.0 Å². The molecule has 0 radical (unpaired) electrons. The van der Waals surface area contributed by atoms with Crippen LogP contribution in [0.3, 0.4) is 0 Å². The number of nitrogens with zero attached hydrogens (tertiary/aromatic N) is 1. The van der Waals surface area contributed by atoms with Crippen molar-refractivity contribution in [3.05, 3.63) is 70.5 Å². The molecule has 1 saturated carbocycles. The summed E-state index contributed by atoms with van der Waals surface area (Å²) in [7, 11) is 4.15. The summed E-state index contributed by atoms with van der Waals surface area (Å²) in [6.45, 7) is 5.24. The van der Waals surface area contributed by atoms with Gasteiger partial charge in [0.1, 0.15) is 5.82 Å². The van der Waals surface area contributed by atoms with E-state index in [2.05, 4.69) is 51.0 Å². The van der Waals surface area contributed by atoms with Crippen molar-refractivity contribution in [2.75, 3.05) is 20.6 Å². The van der Waals surface area contributed by atoms with Crippen molar-refractivity contribution < 1.29 is 9.50 Å². The summed E-state index contributed by atoms with van der Waals surface area (Å²) in [5.41, 5.74) is 5.31. The van der Waals surface area contributed by atoms with Crippen LogP contribution in [0.5, 0.6) is 0 Å². The molecule has 0 spiro atoms. The number of rotatable bonds is 6. The topological polar surface area (TPSA) is 23.5 Å². The van der Waals surface area contributed by atoms with Crippen LogP contribution in [-0.2, 0) is 12.8 Å². The third-order valence-corrected chi connectivity index (χ3v) is 6.37. The molecule has 152 valence electrons. The van der Waals surface area contributed by atoms with E-state index < -0.39 is 0 Å². The smallest absolute Gasteiger partial charge is 0.123 e. The molecule has 3 heteroatoms. The Morgan fingerprint density at radius 1 is 1.07 bits per heavy atom. The number of benzene rings is 2. The Hall–Kier alpha value is -1.71. The molecule has 0 heterocycles. The predicted molar refractivity (Wildman–Crippen MR) is 114 cm³/mol. The predicted octanol–water partition coefficient (Wildman–Crippen LogP) is 4.94. The normalized spacial score (nSPS) is 25.2. The van der Waals surface area contributed by atoms with Crippen LogP contribution < -0.4 is 0 Å². The van der Waals surface area contributed by atoms with Crippen molar-refractivity contribution in [1.82, 2.24) is 4.90 Å². The van der Waals surface area contributed by atoms with Gasteiger partial charge in [-0.05, 0) is 100 Å². The van der Waals surface area contributed by atoms with Crippen LogP contribution in [0.4, 0.5) is 4.39 Å². The van der Waals surface area contributed by atoms with E-state index in [0.29, 0.717) is 0 Å². The second kappa shape index (κ2) is 8.75. The Balaban J connectivity index is 1.92. The molecule has 0 bridgehead atoms. The van der Waals surface area contributed by atoms with Gasteiger partial charge in [0.15, 0.2) is 0 Å². The highest BCUT2D eigenvalue weighted by Gasteiger charge is 2.40. The largest absolute Gasteiger partial charge is 0.393 e. The fraction of sp³-hybridized carbons (Fsp3) is 0.520. The lowest BCUT2D eigenvalue weighted by Gasteiger charge is -2.45. The molecular weight excluding hydrogens is 349 g/mol. The van der Waals surface area contributed by atoms with Gasteiger partial charge in [-0.15, -0.1) is 0 Å². The minimum atomic E-state index is -0.234. The molecule has 2 aromatic carbocycles. The van der Waals surface area contributed by atoms with Crippen LogP contribution in [0.15, 0.2) is 42.5 Å². The Bertz CT molecular complexity index is 786. The first-order chi connectivity index (χ1) is 13.3. The van der Waals surface area contributed by atoms with Crippen LogP contribution in [0.25, 0.3) is 0 Å². The fourth-order valence-corrected chi connectivity index (χ4v) is 4.95. The quantitative estimate of drug-likeness (QED) is 0.764.